The minimum absolute atomic E-state index is 0.109. The average molecular weight is 547 g/mol. The first-order valence-corrected chi connectivity index (χ1v) is 13.4. The van der Waals surface area contributed by atoms with Gasteiger partial charge in [-0.25, -0.2) is 4.39 Å². The molecular weight excluding hydrogens is 511 g/mol. The molecule has 1 fully saturated rings. The van der Waals surface area contributed by atoms with E-state index in [0.29, 0.717) is 12.0 Å². The van der Waals surface area contributed by atoms with Gasteiger partial charge in [0, 0.05) is 32.9 Å². The van der Waals surface area contributed by atoms with Gasteiger partial charge in [0.25, 0.3) is 0 Å². The molecule has 0 bridgehead atoms. The molecule has 0 saturated carbocycles. The number of rotatable bonds is 9. The Morgan fingerprint density at radius 1 is 1.02 bits per heavy atom. The number of hydrogen-bond donors (Lipinski definition) is 2. The van der Waals surface area contributed by atoms with Crippen molar-refractivity contribution in [3.05, 3.63) is 83.7 Å². The lowest BCUT2D eigenvalue weighted by Gasteiger charge is -2.48. The molecule has 8 nitrogen and oxygen atoms in total. The molecule has 1 aliphatic rings. The van der Waals surface area contributed by atoms with Gasteiger partial charge < -0.3 is 20.9 Å². The van der Waals surface area contributed by atoms with E-state index in [4.69, 9.17) is 5.73 Å². The van der Waals surface area contributed by atoms with Crippen LogP contribution in [0.3, 0.4) is 0 Å². The molecule has 3 unspecified atom stereocenters. The fourth-order valence-corrected chi connectivity index (χ4v) is 5.50. The van der Waals surface area contributed by atoms with Crippen LogP contribution >= 0.6 is 0 Å². The molecule has 1 aliphatic heterocycles. The maximum absolute atomic E-state index is 13.9. The Labute approximate surface area is 233 Å². The highest BCUT2D eigenvalue weighted by molar-refractivity contribution is 5.96. The van der Waals surface area contributed by atoms with Crippen LogP contribution < -0.4 is 11.1 Å². The van der Waals surface area contributed by atoms with Crippen LogP contribution in [0.1, 0.15) is 38.3 Å². The molecule has 0 spiro atoms. The van der Waals surface area contributed by atoms with E-state index < -0.39 is 41.2 Å². The number of primary amides is 1. The van der Waals surface area contributed by atoms with E-state index in [0.717, 1.165) is 16.3 Å². The molecule has 1 heterocycles. The lowest BCUT2D eigenvalue weighted by atomic mass is 9.87. The van der Waals surface area contributed by atoms with Crippen LogP contribution in [0.15, 0.2) is 66.7 Å². The summed E-state index contributed by atoms with van der Waals surface area (Å²) in [6, 6.07) is 17.7. The highest BCUT2D eigenvalue weighted by Gasteiger charge is 2.48. The van der Waals surface area contributed by atoms with E-state index in [9.17, 15) is 23.6 Å². The van der Waals surface area contributed by atoms with Gasteiger partial charge in [0.2, 0.25) is 23.6 Å². The molecule has 40 heavy (non-hydrogen) atoms. The largest absolute Gasteiger partial charge is 0.368 e. The smallest absolute Gasteiger partial charge is 0.246 e. The summed E-state index contributed by atoms with van der Waals surface area (Å²) in [6.45, 7) is 5.06. The maximum Gasteiger partial charge on any atom is 0.246 e. The fourth-order valence-electron chi connectivity index (χ4n) is 5.50. The second kappa shape index (κ2) is 11.9. The molecule has 0 aromatic heterocycles. The normalized spacial score (nSPS) is 17.8. The molecule has 0 radical (unpaired) electrons. The Balaban J connectivity index is 1.58. The van der Waals surface area contributed by atoms with Crippen molar-refractivity contribution in [3.8, 4) is 0 Å². The van der Waals surface area contributed by atoms with Crippen LogP contribution in [0.4, 0.5) is 4.39 Å². The number of benzene rings is 3. The van der Waals surface area contributed by atoms with Crippen molar-refractivity contribution in [3.63, 3.8) is 0 Å². The first kappa shape index (κ1) is 28.7. The van der Waals surface area contributed by atoms with Crippen LogP contribution in [0, 0.1) is 5.82 Å². The van der Waals surface area contributed by atoms with E-state index in [-0.39, 0.29) is 31.8 Å². The first-order valence-electron chi connectivity index (χ1n) is 13.4. The number of amides is 4. The Hall–Kier alpha value is -4.27. The topological polar surface area (TPSA) is 113 Å². The van der Waals surface area contributed by atoms with E-state index in [1.807, 2.05) is 42.5 Å². The standard InChI is InChI=1S/C31H35FN4O4/c1-4-27-29(39)36(31(3,30(33)40)19-22-9-12-23-7-5-6-8-24(23)17-22)16-15-35(27)28(38)26(34-20(2)37)18-21-10-13-25(32)14-11-21/h5-14,17,26-27H,4,15-16,18-19H2,1-3H3,(H2,33,40)(H,34,37). The third-order valence-electron chi connectivity index (χ3n) is 7.68. The van der Waals surface area contributed by atoms with Gasteiger partial charge in [-0.3, -0.25) is 19.2 Å². The van der Waals surface area contributed by atoms with Crippen molar-refractivity contribution in [1.29, 1.82) is 0 Å². The molecule has 3 aromatic carbocycles. The summed E-state index contributed by atoms with van der Waals surface area (Å²) < 4.78 is 13.4. The molecule has 210 valence electrons. The number of nitrogens with one attached hydrogen (secondary N) is 1. The van der Waals surface area contributed by atoms with Crippen molar-refractivity contribution in [1.82, 2.24) is 15.1 Å². The predicted octanol–water partition coefficient (Wildman–Crippen LogP) is 2.96. The molecule has 3 atom stereocenters. The van der Waals surface area contributed by atoms with Gasteiger partial charge in [-0.05, 0) is 47.4 Å². The summed E-state index contributed by atoms with van der Waals surface area (Å²) >= 11 is 0. The summed E-state index contributed by atoms with van der Waals surface area (Å²) in [5.74, 6) is -2.20. The monoisotopic (exact) mass is 546 g/mol. The van der Waals surface area contributed by atoms with E-state index >= 15 is 0 Å². The van der Waals surface area contributed by atoms with Crippen LogP contribution in [0.2, 0.25) is 0 Å². The third-order valence-corrected chi connectivity index (χ3v) is 7.68. The number of nitrogens with zero attached hydrogens (tertiary/aromatic N) is 2. The van der Waals surface area contributed by atoms with Gasteiger partial charge in [0.15, 0.2) is 0 Å². The van der Waals surface area contributed by atoms with Crippen molar-refractivity contribution in [2.45, 2.75) is 57.7 Å². The van der Waals surface area contributed by atoms with Crippen LogP contribution in [-0.4, -0.2) is 64.1 Å². The highest BCUT2D eigenvalue weighted by atomic mass is 19.1. The van der Waals surface area contributed by atoms with Crippen LogP contribution in [0.5, 0.6) is 0 Å². The fraction of sp³-hybridized carbons (Fsp3) is 0.355. The van der Waals surface area contributed by atoms with Crippen LogP contribution in [0.25, 0.3) is 10.8 Å². The Bertz CT molecular complexity index is 1430. The Morgan fingerprint density at radius 3 is 2.30 bits per heavy atom. The van der Waals surface area contributed by atoms with Crippen molar-refractivity contribution >= 4 is 34.4 Å². The maximum atomic E-state index is 13.9. The quantitative estimate of drug-likeness (QED) is 0.430. The van der Waals surface area contributed by atoms with Gasteiger partial charge in [0.05, 0.1) is 0 Å². The minimum atomic E-state index is -1.31. The molecule has 0 aliphatic carbocycles. The van der Waals surface area contributed by atoms with Crippen molar-refractivity contribution < 1.29 is 23.6 Å². The van der Waals surface area contributed by atoms with Gasteiger partial charge in [-0.2, -0.15) is 0 Å². The highest BCUT2D eigenvalue weighted by Crippen LogP contribution is 2.28. The van der Waals surface area contributed by atoms with Gasteiger partial charge in [-0.1, -0.05) is 61.5 Å². The molecule has 3 aromatic rings. The zero-order valence-corrected chi connectivity index (χ0v) is 23.0. The number of carbonyl (C=O) groups is 4. The first-order chi connectivity index (χ1) is 19.0. The number of carbonyl (C=O) groups excluding carboxylic acids is 4. The molecule has 3 N–H and O–H groups in total. The molecular formula is C31H35FN4O4. The van der Waals surface area contributed by atoms with Crippen molar-refractivity contribution in [2.24, 2.45) is 5.73 Å². The summed E-state index contributed by atoms with van der Waals surface area (Å²) in [4.78, 5) is 55.4. The SMILES string of the molecule is CCC1C(=O)N(C(C)(Cc2ccc3ccccc3c2)C(N)=O)CCN1C(=O)C(Cc1ccc(F)cc1)NC(C)=O. The van der Waals surface area contributed by atoms with Crippen LogP contribution in [-0.2, 0) is 32.0 Å². The zero-order valence-electron chi connectivity index (χ0n) is 23.0. The minimum Gasteiger partial charge on any atom is -0.368 e. The van der Waals surface area contributed by atoms with Gasteiger partial charge >= 0.3 is 0 Å². The van der Waals surface area contributed by atoms with E-state index in [1.54, 1.807) is 26.0 Å². The summed E-state index contributed by atoms with van der Waals surface area (Å²) in [5, 5.41) is 4.77. The number of halogens is 1. The van der Waals surface area contributed by atoms with Gasteiger partial charge in [-0.15, -0.1) is 0 Å². The third kappa shape index (κ3) is 5.98. The van der Waals surface area contributed by atoms with E-state index in [1.165, 1.54) is 28.9 Å². The predicted molar refractivity (Wildman–Crippen MR) is 150 cm³/mol. The van der Waals surface area contributed by atoms with E-state index in [2.05, 4.69) is 5.32 Å². The molecule has 4 amide bonds. The number of nitrogens with two attached hydrogens (primary N) is 1. The second-order valence-electron chi connectivity index (χ2n) is 10.5. The molecule has 1 saturated heterocycles. The average Bonchev–Trinajstić information content (AvgIpc) is 2.92. The second-order valence-corrected chi connectivity index (χ2v) is 10.5. The lowest BCUT2D eigenvalue weighted by Crippen LogP contribution is -2.69. The molecule has 9 heteroatoms. The van der Waals surface area contributed by atoms with Crippen molar-refractivity contribution in [2.75, 3.05) is 13.1 Å². The number of hydrogen-bond acceptors (Lipinski definition) is 4. The lowest BCUT2D eigenvalue weighted by molar-refractivity contribution is -0.161. The summed E-state index contributed by atoms with van der Waals surface area (Å²) in [6.07, 6.45) is 0.683. The Morgan fingerprint density at radius 2 is 1.68 bits per heavy atom. The number of piperazine rings is 1. The Kier molecular flexibility index (Phi) is 8.52. The number of fused-ring (bicyclic) bond motifs is 1. The van der Waals surface area contributed by atoms with Gasteiger partial charge in [0.1, 0.15) is 23.4 Å². The molecule has 4 rings (SSSR count). The zero-order chi connectivity index (χ0) is 29.0. The summed E-state index contributed by atoms with van der Waals surface area (Å²) in [5.41, 5.74) is 6.14. The summed E-state index contributed by atoms with van der Waals surface area (Å²) in [7, 11) is 0.